The van der Waals surface area contributed by atoms with E-state index in [1.807, 2.05) is 31.2 Å². The Morgan fingerprint density at radius 3 is 2.44 bits per heavy atom. The molecule has 2 atom stereocenters. The lowest BCUT2D eigenvalue weighted by Crippen LogP contribution is -2.43. The van der Waals surface area contributed by atoms with E-state index in [1.165, 1.54) is 32.2 Å². The smallest absolute Gasteiger partial charge is 0.357 e. The van der Waals surface area contributed by atoms with Crippen LogP contribution in [0.3, 0.4) is 0 Å². The van der Waals surface area contributed by atoms with Crippen LogP contribution in [0.2, 0.25) is 0 Å². The van der Waals surface area contributed by atoms with Crippen molar-refractivity contribution < 1.29 is 23.9 Å². The van der Waals surface area contributed by atoms with E-state index in [0.717, 1.165) is 17.7 Å². The number of methoxy groups -OCH3 is 1. The Kier molecular flexibility index (Phi) is 5.21. The zero-order valence-corrected chi connectivity index (χ0v) is 15.3. The number of carbonyl (C=O) groups excluding carboxylic acids is 3. The number of anilines is 1. The average Bonchev–Trinajstić information content (AvgIpc) is 3.02. The zero-order valence-electron chi connectivity index (χ0n) is 15.3. The number of hydrogen-bond donors (Lipinski definition) is 0. The Bertz CT molecular complexity index is 895. The van der Waals surface area contributed by atoms with Gasteiger partial charge in [-0.2, -0.15) is 0 Å². The average molecular weight is 368 g/mol. The Morgan fingerprint density at radius 1 is 1.07 bits per heavy atom. The zero-order chi connectivity index (χ0) is 19.6. The van der Waals surface area contributed by atoms with E-state index in [2.05, 4.69) is 9.72 Å². The Hall–Kier alpha value is -3.22. The monoisotopic (exact) mass is 368 g/mol. The maximum atomic E-state index is 12.9. The van der Waals surface area contributed by atoms with Gasteiger partial charge in [0.15, 0.2) is 6.10 Å². The highest BCUT2D eigenvalue weighted by Gasteiger charge is 2.34. The number of esters is 2. The first-order valence-corrected chi connectivity index (χ1v) is 8.59. The quantitative estimate of drug-likeness (QED) is 0.771. The van der Waals surface area contributed by atoms with Gasteiger partial charge < -0.3 is 14.4 Å². The normalized spacial score (nSPS) is 16.4. The molecule has 0 bridgehead atoms. The van der Waals surface area contributed by atoms with Crippen molar-refractivity contribution >= 4 is 23.5 Å². The standard InChI is InChI=1S/C20H20N2O5/c1-12-11-14-7-4-5-10-17(14)22(12)18(23)13(2)27-20(25)16-9-6-8-15(21-16)19(24)26-3/h4-10,12-13H,11H2,1-3H3/t12-,13+/m0/s1. The summed E-state index contributed by atoms with van der Waals surface area (Å²) in [6.45, 7) is 3.48. The summed E-state index contributed by atoms with van der Waals surface area (Å²) in [5, 5.41) is 0. The minimum Gasteiger partial charge on any atom is -0.464 e. The van der Waals surface area contributed by atoms with Gasteiger partial charge in [0.1, 0.15) is 11.4 Å². The summed E-state index contributed by atoms with van der Waals surface area (Å²) < 4.78 is 9.89. The summed E-state index contributed by atoms with van der Waals surface area (Å²) in [5.74, 6) is -1.73. The lowest BCUT2D eigenvalue weighted by Gasteiger charge is -2.25. The van der Waals surface area contributed by atoms with Crippen molar-refractivity contribution in [1.29, 1.82) is 0 Å². The second kappa shape index (κ2) is 7.57. The molecular formula is C20H20N2O5. The second-order valence-corrected chi connectivity index (χ2v) is 6.34. The molecule has 0 aliphatic carbocycles. The van der Waals surface area contributed by atoms with Gasteiger partial charge in [0.25, 0.3) is 5.91 Å². The third kappa shape index (κ3) is 3.67. The molecule has 2 aromatic rings. The Labute approximate surface area is 156 Å². The molecule has 1 aliphatic rings. The molecular weight excluding hydrogens is 348 g/mol. The summed E-state index contributed by atoms with van der Waals surface area (Å²) in [5.41, 5.74) is 1.86. The number of ether oxygens (including phenoxy) is 2. The third-order valence-electron chi connectivity index (χ3n) is 4.43. The van der Waals surface area contributed by atoms with Crippen LogP contribution < -0.4 is 4.90 Å². The van der Waals surface area contributed by atoms with E-state index in [-0.39, 0.29) is 23.3 Å². The van der Waals surface area contributed by atoms with Gasteiger partial charge in [0.2, 0.25) is 0 Å². The van der Waals surface area contributed by atoms with Gasteiger partial charge in [-0.25, -0.2) is 14.6 Å². The molecule has 0 spiro atoms. The largest absolute Gasteiger partial charge is 0.464 e. The van der Waals surface area contributed by atoms with Gasteiger partial charge in [-0.1, -0.05) is 24.3 Å². The molecule has 7 heteroatoms. The topological polar surface area (TPSA) is 85.8 Å². The molecule has 1 aliphatic heterocycles. The van der Waals surface area contributed by atoms with Crippen molar-refractivity contribution in [2.24, 2.45) is 0 Å². The molecule has 0 unspecified atom stereocenters. The van der Waals surface area contributed by atoms with E-state index in [1.54, 1.807) is 4.90 Å². The van der Waals surface area contributed by atoms with Crippen molar-refractivity contribution in [3.05, 3.63) is 59.4 Å². The van der Waals surface area contributed by atoms with Gasteiger partial charge in [-0.05, 0) is 44.0 Å². The Balaban J connectivity index is 1.74. The van der Waals surface area contributed by atoms with Gasteiger partial charge in [-0.15, -0.1) is 0 Å². The van der Waals surface area contributed by atoms with Crippen molar-refractivity contribution in [2.45, 2.75) is 32.4 Å². The van der Waals surface area contributed by atoms with E-state index in [0.29, 0.717) is 0 Å². The predicted molar refractivity (Wildman–Crippen MR) is 97.5 cm³/mol. The van der Waals surface area contributed by atoms with Crippen molar-refractivity contribution in [3.63, 3.8) is 0 Å². The van der Waals surface area contributed by atoms with Crippen molar-refractivity contribution in [3.8, 4) is 0 Å². The fourth-order valence-electron chi connectivity index (χ4n) is 3.14. The van der Waals surface area contributed by atoms with Crippen LogP contribution in [-0.2, 0) is 20.7 Å². The van der Waals surface area contributed by atoms with Crippen LogP contribution in [0, 0.1) is 0 Å². The molecule has 0 fully saturated rings. The third-order valence-corrected chi connectivity index (χ3v) is 4.43. The molecule has 0 saturated heterocycles. The van der Waals surface area contributed by atoms with Crippen LogP contribution in [-0.4, -0.2) is 42.1 Å². The highest BCUT2D eigenvalue weighted by molar-refractivity contribution is 6.00. The number of benzene rings is 1. The molecule has 3 rings (SSSR count). The van der Waals surface area contributed by atoms with Crippen molar-refractivity contribution in [1.82, 2.24) is 4.98 Å². The van der Waals surface area contributed by atoms with E-state index >= 15 is 0 Å². The number of fused-ring (bicyclic) bond motifs is 1. The van der Waals surface area contributed by atoms with Gasteiger partial charge in [0, 0.05) is 11.7 Å². The van der Waals surface area contributed by atoms with Crippen molar-refractivity contribution in [2.75, 3.05) is 12.0 Å². The molecule has 0 saturated carbocycles. The number of aromatic nitrogens is 1. The van der Waals surface area contributed by atoms with Crippen LogP contribution in [0.1, 0.15) is 40.4 Å². The minimum absolute atomic E-state index is 0.00646. The van der Waals surface area contributed by atoms with Crippen LogP contribution >= 0.6 is 0 Å². The number of carbonyl (C=O) groups is 3. The molecule has 2 heterocycles. The summed E-state index contributed by atoms with van der Waals surface area (Å²) >= 11 is 0. The number of nitrogens with zero attached hydrogens (tertiary/aromatic N) is 2. The van der Waals surface area contributed by atoms with Gasteiger partial charge in [-0.3, -0.25) is 4.79 Å². The SMILES string of the molecule is COC(=O)c1cccc(C(=O)O[C@H](C)C(=O)N2c3ccccc3C[C@@H]2C)n1. The molecule has 1 amide bonds. The number of rotatable bonds is 4. The maximum Gasteiger partial charge on any atom is 0.357 e. The number of amides is 1. The molecule has 0 radical (unpaired) electrons. The number of pyridine rings is 1. The van der Waals surface area contributed by atoms with Gasteiger partial charge >= 0.3 is 11.9 Å². The van der Waals surface area contributed by atoms with E-state index < -0.39 is 18.0 Å². The molecule has 27 heavy (non-hydrogen) atoms. The van der Waals surface area contributed by atoms with Crippen LogP contribution in [0.4, 0.5) is 5.69 Å². The first-order chi connectivity index (χ1) is 12.9. The van der Waals surface area contributed by atoms with E-state index in [9.17, 15) is 14.4 Å². The van der Waals surface area contributed by atoms with Gasteiger partial charge in [0.05, 0.1) is 7.11 Å². The maximum absolute atomic E-state index is 12.9. The lowest BCUT2D eigenvalue weighted by molar-refractivity contribution is -0.126. The second-order valence-electron chi connectivity index (χ2n) is 6.34. The first kappa shape index (κ1) is 18.6. The fourth-order valence-corrected chi connectivity index (χ4v) is 3.14. The summed E-state index contributed by atoms with van der Waals surface area (Å²) in [4.78, 5) is 42.4. The highest BCUT2D eigenvalue weighted by Crippen LogP contribution is 2.32. The fraction of sp³-hybridized carbons (Fsp3) is 0.300. The predicted octanol–water partition coefficient (Wildman–Crippen LogP) is 2.39. The first-order valence-electron chi connectivity index (χ1n) is 8.59. The molecule has 1 aromatic carbocycles. The lowest BCUT2D eigenvalue weighted by atomic mass is 10.1. The Morgan fingerprint density at radius 2 is 1.74 bits per heavy atom. The summed E-state index contributed by atoms with van der Waals surface area (Å²) in [6, 6.07) is 12.0. The molecule has 1 aromatic heterocycles. The molecule has 140 valence electrons. The molecule has 7 nitrogen and oxygen atoms in total. The number of para-hydroxylation sites is 1. The van der Waals surface area contributed by atoms with Crippen LogP contribution in [0.15, 0.2) is 42.5 Å². The summed E-state index contributed by atoms with van der Waals surface area (Å²) in [7, 11) is 1.23. The molecule has 0 N–H and O–H groups in total. The van der Waals surface area contributed by atoms with Crippen LogP contribution in [0.25, 0.3) is 0 Å². The van der Waals surface area contributed by atoms with E-state index in [4.69, 9.17) is 4.74 Å². The minimum atomic E-state index is -0.991. The van der Waals surface area contributed by atoms with Crippen LogP contribution in [0.5, 0.6) is 0 Å². The highest BCUT2D eigenvalue weighted by atomic mass is 16.5. The number of hydrogen-bond acceptors (Lipinski definition) is 6. The summed E-state index contributed by atoms with van der Waals surface area (Å²) in [6.07, 6.45) is -0.236.